The van der Waals surface area contributed by atoms with E-state index >= 15 is 0 Å². The molecule has 0 aromatic carbocycles. The number of aryl methyl sites for hydroxylation is 1. The molecule has 0 bridgehead atoms. The van der Waals surface area contributed by atoms with E-state index in [9.17, 15) is 22.8 Å². The fourth-order valence-electron chi connectivity index (χ4n) is 1.31. The maximum absolute atomic E-state index is 12.3. The molecule has 1 N–H and O–H groups in total. The molecule has 9 heteroatoms. The van der Waals surface area contributed by atoms with E-state index in [1.54, 1.807) is 0 Å². The molecule has 0 atom stereocenters. The topological polar surface area (TPSA) is 70.5 Å². The van der Waals surface area contributed by atoms with E-state index in [-0.39, 0.29) is 4.90 Å². The predicted molar refractivity (Wildman–Crippen MR) is 60.6 cm³/mol. The number of hydrogen-bond donors (Lipinski definition) is 1. The summed E-state index contributed by atoms with van der Waals surface area (Å²) in [4.78, 5) is 26.2. The molecule has 1 heterocycles. The number of amides is 1. The first-order valence-electron chi connectivity index (χ1n) is 5.25. The van der Waals surface area contributed by atoms with Crippen molar-refractivity contribution in [3.8, 4) is 0 Å². The van der Waals surface area contributed by atoms with Gasteiger partial charge < -0.3 is 10.0 Å². The summed E-state index contributed by atoms with van der Waals surface area (Å²) in [5, 5.41) is 9.27. The minimum absolute atomic E-state index is 0.245. The van der Waals surface area contributed by atoms with E-state index in [2.05, 4.69) is 4.98 Å². The van der Waals surface area contributed by atoms with Gasteiger partial charge in [-0.05, 0) is 6.42 Å². The lowest BCUT2D eigenvalue weighted by Crippen LogP contribution is -2.43. The minimum Gasteiger partial charge on any atom is -0.480 e. The van der Waals surface area contributed by atoms with Gasteiger partial charge in [-0.25, -0.2) is 4.98 Å². The number of thiazole rings is 1. The van der Waals surface area contributed by atoms with Crippen LogP contribution >= 0.6 is 11.3 Å². The average Bonchev–Trinajstić information content (AvgIpc) is 2.73. The first-order chi connectivity index (χ1) is 8.74. The Kier molecular flexibility index (Phi) is 4.87. The number of hydrogen-bond acceptors (Lipinski definition) is 4. The van der Waals surface area contributed by atoms with Gasteiger partial charge in [-0.3, -0.25) is 9.59 Å². The molecule has 0 fully saturated rings. The molecule has 5 nitrogen and oxygen atoms in total. The third-order valence-electron chi connectivity index (χ3n) is 2.11. The molecule has 1 rings (SSSR count). The second-order valence-corrected chi connectivity index (χ2v) is 4.83. The molecule has 1 amide bonds. The van der Waals surface area contributed by atoms with Crippen LogP contribution in [-0.4, -0.2) is 39.6 Å². The van der Waals surface area contributed by atoms with Crippen LogP contribution in [0.4, 0.5) is 13.2 Å². The molecule has 0 saturated heterocycles. The summed E-state index contributed by atoms with van der Waals surface area (Å²) >= 11 is 1.15. The fraction of sp³-hybridized carbons (Fsp3) is 0.500. The summed E-state index contributed by atoms with van der Waals surface area (Å²) in [6.45, 7) is 0.415. The number of carboxylic acid groups (broad SMARTS) is 1. The molecule has 0 radical (unpaired) electrons. The number of aromatic nitrogens is 1. The number of alkyl halides is 3. The Balaban J connectivity index is 2.85. The molecular weight excluding hydrogens is 285 g/mol. The van der Waals surface area contributed by atoms with Crippen LogP contribution in [0.25, 0.3) is 0 Å². The van der Waals surface area contributed by atoms with E-state index in [0.29, 0.717) is 16.3 Å². The van der Waals surface area contributed by atoms with Crippen LogP contribution in [0.1, 0.15) is 16.8 Å². The van der Waals surface area contributed by atoms with Crippen molar-refractivity contribution in [2.24, 2.45) is 0 Å². The van der Waals surface area contributed by atoms with E-state index in [1.165, 1.54) is 6.20 Å². The molecule has 0 aliphatic heterocycles. The van der Waals surface area contributed by atoms with Gasteiger partial charge >= 0.3 is 18.1 Å². The van der Waals surface area contributed by atoms with Crippen molar-refractivity contribution >= 4 is 23.2 Å². The normalized spacial score (nSPS) is 11.4. The van der Waals surface area contributed by atoms with Crippen LogP contribution in [0.3, 0.4) is 0 Å². The first-order valence-corrected chi connectivity index (χ1v) is 6.07. The highest BCUT2D eigenvalue weighted by atomic mass is 32.1. The number of aliphatic carboxylic acids is 1. The minimum atomic E-state index is -5.09. The van der Waals surface area contributed by atoms with Gasteiger partial charge in [-0.2, -0.15) is 13.2 Å². The highest BCUT2D eigenvalue weighted by Crippen LogP contribution is 2.22. The Morgan fingerprint density at radius 2 is 2.11 bits per heavy atom. The summed E-state index contributed by atoms with van der Waals surface area (Å²) in [5.41, 5.74) is 0. The Bertz CT molecular complexity index is 473. The third kappa shape index (κ3) is 4.51. The SMILES string of the molecule is CCc1ncc(CN(CC(=O)O)C(=O)C(F)(F)F)s1. The molecule has 0 aliphatic carbocycles. The molecule has 0 saturated carbocycles. The number of halogens is 3. The molecule has 1 aromatic heterocycles. The van der Waals surface area contributed by atoms with E-state index < -0.39 is 31.1 Å². The average molecular weight is 296 g/mol. The summed E-state index contributed by atoms with van der Waals surface area (Å²) in [6.07, 6.45) is -3.12. The number of carbonyl (C=O) groups is 2. The monoisotopic (exact) mass is 296 g/mol. The molecule has 0 spiro atoms. The zero-order valence-electron chi connectivity index (χ0n) is 9.90. The molecule has 0 aliphatic rings. The first kappa shape index (κ1) is 15.4. The van der Waals surface area contributed by atoms with Gasteiger partial charge in [0.05, 0.1) is 11.6 Å². The van der Waals surface area contributed by atoms with Crippen LogP contribution in [0, 0.1) is 0 Å². The smallest absolute Gasteiger partial charge is 0.471 e. The van der Waals surface area contributed by atoms with Crippen molar-refractivity contribution in [1.82, 2.24) is 9.88 Å². The van der Waals surface area contributed by atoms with Crippen molar-refractivity contribution in [1.29, 1.82) is 0 Å². The van der Waals surface area contributed by atoms with E-state index in [0.717, 1.165) is 11.3 Å². The van der Waals surface area contributed by atoms with Gasteiger partial charge in [-0.15, -0.1) is 11.3 Å². The summed E-state index contributed by atoms with van der Waals surface area (Å²) in [7, 11) is 0. The fourth-order valence-corrected chi connectivity index (χ4v) is 2.19. The maximum Gasteiger partial charge on any atom is 0.471 e. The zero-order valence-corrected chi connectivity index (χ0v) is 10.7. The van der Waals surface area contributed by atoms with Crippen molar-refractivity contribution in [2.45, 2.75) is 26.1 Å². The Labute approximate surface area is 110 Å². The van der Waals surface area contributed by atoms with Crippen LogP contribution in [0.2, 0.25) is 0 Å². The Hall–Kier alpha value is -1.64. The van der Waals surface area contributed by atoms with Gasteiger partial charge in [0.2, 0.25) is 0 Å². The van der Waals surface area contributed by atoms with Crippen molar-refractivity contribution in [3.63, 3.8) is 0 Å². The largest absolute Gasteiger partial charge is 0.480 e. The molecular formula is C10H11F3N2O3S. The number of carboxylic acids is 1. The lowest BCUT2D eigenvalue weighted by molar-refractivity contribution is -0.187. The lowest BCUT2D eigenvalue weighted by Gasteiger charge is -2.20. The third-order valence-corrected chi connectivity index (χ3v) is 3.23. The Morgan fingerprint density at radius 1 is 1.47 bits per heavy atom. The zero-order chi connectivity index (χ0) is 14.6. The summed E-state index contributed by atoms with van der Waals surface area (Å²) in [6, 6.07) is 0. The number of rotatable bonds is 5. The quantitative estimate of drug-likeness (QED) is 0.897. The lowest BCUT2D eigenvalue weighted by atomic mass is 10.4. The van der Waals surface area contributed by atoms with Gasteiger partial charge in [0.25, 0.3) is 0 Å². The van der Waals surface area contributed by atoms with Crippen LogP contribution in [0.15, 0.2) is 6.20 Å². The summed E-state index contributed by atoms with van der Waals surface area (Å²) < 4.78 is 37.0. The van der Waals surface area contributed by atoms with Gasteiger partial charge in [0.15, 0.2) is 0 Å². The standard InChI is InChI=1S/C10H11F3N2O3S/c1-2-7-14-3-6(19-7)4-15(5-8(16)17)9(18)10(11,12)13/h3H,2,4-5H2,1H3,(H,16,17). The van der Waals surface area contributed by atoms with E-state index in [4.69, 9.17) is 5.11 Å². The van der Waals surface area contributed by atoms with Gasteiger partial charge in [0, 0.05) is 11.1 Å². The van der Waals surface area contributed by atoms with Crippen LogP contribution in [-0.2, 0) is 22.6 Å². The molecule has 19 heavy (non-hydrogen) atoms. The molecule has 106 valence electrons. The van der Waals surface area contributed by atoms with Crippen LogP contribution in [0.5, 0.6) is 0 Å². The second kappa shape index (κ2) is 6.00. The highest BCUT2D eigenvalue weighted by molar-refractivity contribution is 7.11. The van der Waals surface area contributed by atoms with E-state index in [1.807, 2.05) is 6.92 Å². The molecule has 1 aromatic rings. The van der Waals surface area contributed by atoms with Gasteiger partial charge in [-0.1, -0.05) is 6.92 Å². The summed E-state index contributed by atoms with van der Waals surface area (Å²) in [5.74, 6) is -3.67. The number of carbonyl (C=O) groups excluding carboxylic acids is 1. The maximum atomic E-state index is 12.3. The second-order valence-electron chi connectivity index (χ2n) is 3.63. The van der Waals surface area contributed by atoms with Crippen molar-refractivity contribution < 1.29 is 27.9 Å². The highest BCUT2D eigenvalue weighted by Gasteiger charge is 2.43. The molecule has 0 unspecified atom stereocenters. The van der Waals surface area contributed by atoms with Gasteiger partial charge in [0.1, 0.15) is 6.54 Å². The Morgan fingerprint density at radius 3 is 2.53 bits per heavy atom. The predicted octanol–water partition coefficient (Wildman–Crippen LogP) is 1.68. The van der Waals surface area contributed by atoms with Crippen molar-refractivity contribution in [2.75, 3.05) is 6.54 Å². The van der Waals surface area contributed by atoms with Crippen LogP contribution < -0.4 is 0 Å². The number of nitrogens with zero attached hydrogens (tertiary/aromatic N) is 2. The van der Waals surface area contributed by atoms with Crippen molar-refractivity contribution in [3.05, 3.63) is 16.1 Å².